The number of rotatable bonds is 3. The first-order valence-electron chi connectivity index (χ1n) is 4.75. The molecule has 0 radical (unpaired) electrons. The van der Waals surface area contributed by atoms with Crippen LogP contribution in [0.5, 0.6) is 0 Å². The molecule has 0 amide bonds. The Morgan fingerprint density at radius 1 is 1.50 bits per heavy atom. The number of hydrogen-bond acceptors (Lipinski definition) is 2. The molecule has 0 N–H and O–H groups in total. The van der Waals surface area contributed by atoms with E-state index >= 15 is 0 Å². The van der Waals surface area contributed by atoms with Gasteiger partial charge in [0.05, 0.1) is 11.5 Å². The Labute approximate surface area is 73.3 Å². The fraction of sp³-hybridized carbons (Fsp3) is 0.900. The summed E-state index contributed by atoms with van der Waals surface area (Å²) in [6, 6.07) is 0. The van der Waals surface area contributed by atoms with Gasteiger partial charge in [-0.15, -0.1) is 0 Å². The molecule has 2 aliphatic carbocycles. The van der Waals surface area contributed by atoms with Crippen molar-refractivity contribution in [2.45, 2.75) is 39.2 Å². The molecule has 2 rings (SSSR count). The first-order chi connectivity index (χ1) is 5.60. The van der Waals surface area contributed by atoms with Crippen LogP contribution in [0.1, 0.15) is 33.1 Å². The van der Waals surface area contributed by atoms with E-state index in [0.29, 0.717) is 12.2 Å². The lowest BCUT2D eigenvalue weighted by Gasteiger charge is -2.42. The molecule has 2 aliphatic rings. The van der Waals surface area contributed by atoms with E-state index in [1.165, 1.54) is 12.8 Å². The Balaban J connectivity index is 1.78. The van der Waals surface area contributed by atoms with Gasteiger partial charge in [0.25, 0.3) is 0 Å². The minimum absolute atomic E-state index is 0.200. The van der Waals surface area contributed by atoms with Crippen LogP contribution in [0, 0.1) is 11.3 Å². The van der Waals surface area contributed by atoms with Crippen molar-refractivity contribution < 1.29 is 9.53 Å². The van der Waals surface area contributed by atoms with E-state index < -0.39 is 0 Å². The third kappa shape index (κ3) is 1.28. The van der Waals surface area contributed by atoms with Crippen molar-refractivity contribution in [2.75, 3.05) is 6.61 Å². The molecule has 12 heavy (non-hydrogen) atoms. The van der Waals surface area contributed by atoms with Crippen LogP contribution >= 0.6 is 0 Å². The first kappa shape index (κ1) is 8.24. The van der Waals surface area contributed by atoms with Gasteiger partial charge >= 0.3 is 0 Å². The van der Waals surface area contributed by atoms with Crippen LogP contribution in [0.25, 0.3) is 0 Å². The van der Waals surface area contributed by atoms with Gasteiger partial charge in [0, 0.05) is 13.0 Å². The third-order valence-electron chi connectivity index (χ3n) is 3.12. The monoisotopic (exact) mass is 168 g/mol. The lowest BCUT2D eigenvalue weighted by atomic mass is 9.68. The minimum Gasteiger partial charge on any atom is -0.376 e. The van der Waals surface area contributed by atoms with Gasteiger partial charge in [-0.2, -0.15) is 0 Å². The summed E-state index contributed by atoms with van der Waals surface area (Å²) in [6.45, 7) is 4.84. The number of ether oxygens (including phenoxy) is 1. The Bertz CT molecular complexity index is 204. The Kier molecular flexibility index (Phi) is 1.76. The van der Waals surface area contributed by atoms with Crippen LogP contribution in [0.3, 0.4) is 0 Å². The molecule has 0 aromatic carbocycles. The van der Waals surface area contributed by atoms with E-state index in [1.54, 1.807) is 0 Å². The number of carbonyl (C=O) groups is 1. The van der Waals surface area contributed by atoms with Crippen molar-refractivity contribution >= 4 is 5.78 Å². The first-order valence-corrected chi connectivity index (χ1v) is 4.75. The smallest absolute Gasteiger partial charge is 0.143 e. The van der Waals surface area contributed by atoms with E-state index in [4.69, 9.17) is 4.74 Å². The molecule has 0 aromatic rings. The summed E-state index contributed by atoms with van der Waals surface area (Å²) in [5.41, 5.74) is -0.200. The molecule has 0 heterocycles. The maximum absolute atomic E-state index is 11.1. The van der Waals surface area contributed by atoms with Crippen LogP contribution in [0.4, 0.5) is 0 Å². The second-order valence-corrected chi connectivity index (χ2v) is 4.61. The number of Topliss-reactive ketones (excluding diaryl/α,β-unsaturated/α-hetero) is 1. The second-order valence-electron chi connectivity index (χ2n) is 4.61. The van der Waals surface area contributed by atoms with Gasteiger partial charge in [-0.05, 0) is 18.8 Å². The molecule has 68 valence electrons. The molecule has 1 atom stereocenters. The highest BCUT2D eigenvalue weighted by atomic mass is 16.5. The number of ketones is 1. The highest BCUT2D eigenvalue weighted by molar-refractivity contribution is 5.91. The Hall–Kier alpha value is -0.370. The molecule has 2 heteroatoms. The lowest BCUT2D eigenvalue weighted by Crippen LogP contribution is -2.51. The molecular formula is C10H16O2. The highest BCUT2D eigenvalue weighted by Crippen LogP contribution is 2.40. The third-order valence-corrected chi connectivity index (χ3v) is 3.12. The SMILES string of the molecule is CC1(C)C(=O)CC1OCC1CC1. The maximum atomic E-state index is 11.1. The zero-order valence-corrected chi connectivity index (χ0v) is 7.80. The van der Waals surface area contributed by atoms with Crippen LogP contribution in [-0.2, 0) is 9.53 Å². The van der Waals surface area contributed by atoms with Gasteiger partial charge < -0.3 is 4.74 Å². The molecule has 2 fully saturated rings. The quantitative estimate of drug-likeness (QED) is 0.642. The van der Waals surface area contributed by atoms with Gasteiger partial charge in [-0.25, -0.2) is 0 Å². The summed E-state index contributed by atoms with van der Waals surface area (Å²) in [5, 5.41) is 0. The van der Waals surface area contributed by atoms with Crippen molar-refractivity contribution in [3.63, 3.8) is 0 Å². The summed E-state index contributed by atoms with van der Waals surface area (Å²) in [7, 11) is 0. The van der Waals surface area contributed by atoms with Crippen molar-refractivity contribution in [3.05, 3.63) is 0 Å². The van der Waals surface area contributed by atoms with E-state index in [2.05, 4.69) is 0 Å². The topological polar surface area (TPSA) is 26.3 Å². The fourth-order valence-corrected chi connectivity index (χ4v) is 1.54. The molecular weight excluding hydrogens is 152 g/mol. The normalized spacial score (nSPS) is 33.2. The summed E-state index contributed by atoms with van der Waals surface area (Å²) >= 11 is 0. The van der Waals surface area contributed by atoms with Crippen molar-refractivity contribution in [3.8, 4) is 0 Å². The van der Waals surface area contributed by atoms with E-state index in [-0.39, 0.29) is 11.5 Å². The van der Waals surface area contributed by atoms with E-state index in [9.17, 15) is 4.79 Å². The summed E-state index contributed by atoms with van der Waals surface area (Å²) in [6.07, 6.45) is 3.48. The lowest BCUT2D eigenvalue weighted by molar-refractivity contribution is -0.158. The summed E-state index contributed by atoms with van der Waals surface area (Å²) < 4.78 is 5.67. The minimum atomic E-state index is -0.200. The number of carbonyl (C=O) groups excluding carboxylic acids is 1. The molecule has 0 aliphatic heterocycles. The molecule has 0 bridgehead atoms. The van der Waals surface area contributed by atoms with Crippen molar-refractivity contribution in [1.29, 1.82) is 0 Å². The largest absolute Gasteiger partial charge is 0.376 e. The van der Waals surface area contributed by atoms with E-state index in [1.807, 2.05) is 13.8 Å². The molecule has 0 aromatic heterocycles. The molecule has 0 spiro atoms. The second kappa shape index (κ2) is 2.56. The average Bonchev–Trinajstić information content (AvgIpc) is 2.80. The van der Waals surface area contributed by atoms with Gasteiger partial charge in [-0.3, -0.25) is 4.79 Å². The standard InChI is InChI=1S/C10H16O2/c1-10(2)8(11)5-9(10)12-6-7-3-4-7/h7,9H,3-6H2,1-2H3. The van der Waals surface area contributed by atoms with Crippen molar-refractivity contribution in [1.82, 2.24) is 0 Å². The molecule has 2 saturated carbocycles. The van der Waals surface area contributed by atoms with Gasteiger partial charge in [0.15, 0.2) is 0 Å². The molecule has 1 unspecified atom stereocenters. The molecule has 0 saturated heterocycles. The predicted octanol–water partition coefficient (Wildman–Crippen LogP) is 1.78. The fourth-order valence-electron chi connectivity index (χ4n) is 1.54. The van der Waals surface area contributed by atoms with Crippen LogP contribution in [-0.4, -0.2) is 18.5 Å². The summed E-state index contributed by atoms with van der Waals surface area (Å²) in [4.78, 5) is 11.1. The molecule has 2 nitrogen and oxygen atoms in total. The predicted molar refractivity (Wildman–Crippen MR) is 45.9 cm³/mol. The highest BCUT2D eigenvalue weighted by Gasteiger charge is 2.48. The zero-order chi connectivity index (χ0) is 8.77. The Morgan fingerprint density at radius 2 is 2.17 bits per heavy atom. The Morgan fingerprint density at radius 3 is 2.58 bits per heavy atom. The van der Waals surface area contributed by atoms with Gasteiger partial charge in [0.2, 0.25) is 0 Å². The van der Waals surface area contributed by atoms with Crippen LogP contribution in [0.15, 0.2) is 0 Å². The van der Waals surface area contributed by atoms with Gasteiger partial charge in [-0.1, -0.05) is 13.8 Å². The summed E-state index contributed by atoms with van der Waals surface area (Å²) in [5.74, 6) is 1.15. The van der Waals surface area contributed by atoms with Crippen molar-refractivity contribution in [2.24, 2.45) is 11.3 Å². The maximum Gasteiger partial charge on any atom is 0.143 e. The van der Waals surface area contributed by atoms with Crippen LogP contribution in [0.2, 0.25) is 0 Å². The van der Waals surface area contributed by atoms with E-state index in [0.717, 1.165) is 12.5 Å². The zero-order valence-electron chi connectivity index (χ0n) is 7.80. The average molecular weight is 168 g/mol. The number of hydrogen-bond donors (Lipinski definition) is 0. The van der Waals surface area contributed by atoms with Gasteiger partial charge in [0.1, 0.15) is 5.78 Å². The van der Waals surface area contributed by atoms with Crippen LogP contribution < -0.4 is 0 Å².